The molecule has 1 unspecified atom stereocenters. The summed E-state index contributed by atoms with van der Waals surface area (Å²) in [5, 5.41) is 0.817. The summed E-state index contributed by atoms with van der Waals surface area (Å²) in [6.45, 7) is 2.68. The summed E-state index contributed by atoms with van der Waals surface area (Å²) in [5.74, 6) is 0.906. The molecule has 0 amide bonds. The van der Waals surface area contributed by atoms with Gasteiger partial charge in [-0.2, -0.15) is 0 Å². The first kappa shape index (κ1) is 14.4. The van der Waals surface area contributed by atoms with Crippen LogP contribution < -0.4 is 4.74 Å². The highest BCUT2D eigenvalue weighted by Gasteiger charge is 2.10. The fourth-order valence-electron chi connectivity index (χ4n) is 1.91. The minimum Gasteiger partial charge on any atom is -0.494 e. The van der Waals surface area contributed by atoms with E-state index in [1.165, 1.54) is 5.56 Å². The van der Waals surface area contributed by atoms with Gasteiger partial charge in [-0.3, -0.25) is 0 Å². The molecule has 0 bridgehead atoms. The SMILES string of the molecule is CCOc1ccc(C(Br)Cc2ccccc2Cl)cc1. The molecule has 0 aliphatic heterocycles. The lowest BCUT2D eigenvalue weighted by molar-refractivity contribution is 0.340. The van der Waals surface area contributed by atoms with Crippen LogP contribution in [-0.4, -0.2) is 6.61 Å². The Morgan fingerprint density at radius 3 is 2.42 bits per heavy atom. The molecular formula is C16H16BrClO. The van der Waals surface area contributed by atoms with Gasteiger partial charge in [0, 0.05) is 9.85 Å². The van der Waals surface area contributed by atoms with Crippen LogP contribution in [0.25, 0.3) is 0 Å². The Balaban J connectivity index is 2.07. The highest BCUT2D eigenvalue weighted by molar-refractivity contribution is 9.09. The van der Waals surface area contributed by atoms with Gasteiger partial charge in [0.1, 0.15) is 5.75 Å². The molecule has 2 aromatic carbocycles. The van der Waals surface area contributed by atoms with Gasteiger partial charge in [0.2, 0.25) is 0 Å². The lowest BCUT2D eigenvalue weighted by atomic mass is 10.0. The van der Waals surface area contributed by atoms with Gasteiger partial charge in [-0.05, 0) is 42.7 Å². The van der Waals surface area contributed by atoms with Crippen LogP contribution >= 0.6 is 27.5 Å². The molecule has 1 nitrogen and oxygen atoms in total. The van der Waals surface area contributed by atoms with Crippen LogP contribution in [0, 0.1) is 0 Å². The molecule has 0 radical (unpaired) electrons. The van der Waals surface area contributed by atoms with Crippen LogP contribution in [0.3, 0.4) is 0 Å². The van der Waals surface area contributed by atoms with E-state index in [9.17, 15) is 0 Å². The largest absolute Gasteiger partial charge is 0.494 e. The second-order valence-corrected chi connectivity index (χ2v) is 5.78. The van der Waals surface area contributed by atoms with E-state index < -0.39 is 0 Å². The van der Waals surface area contributed by atoms with Gasteiger partial charge in [0.05, 0.1) is 6.61 Å². The Hall–Kier alpha value is -0.990. The zero-order valence-corrected chi connectivity index (χ0v) is 13.1. The van der Waals surface area contributed by atoms with Gasteiger partial charge < -0.3 is 4.74 Å². The Labute approximate surface area is 127 Å². The van der Waals surface area contributed by atoms with Crippen molar-refractivity contribution in [3.63, 3.8) is 0 Å². The van der Waals surface area contributed by atoms with Crippen LogP contribution in [-0.2, 0) is 6.42 Å². The van der Waals surface area contributed by atoms with Gasteiger partial charge in [-0.25, -0.2) is 0 Å². The lowest BCUT2D eigenvalue weighted by Gasteiger charge is -2.12. The number of benzene rings is 2. The normalized spacial score (nSPS) is 12.2. The summed E-state index contributed by atoms with van der Waals surface area (Å²) in [6.07, 6.45) is 0.869. The fourth-order valence-corrected chi connectivity index (χ4v) is 2.78. The van der Waals surface area contributed by atoms with Crippen LogP contribution in [0.1, 0.15) is 22.9 Å². The maximum Gasteiger partial charge on any atom is 0.119 e. The predicted octanol–water partition coefficient (Wildman–Crippen LogP) is 5.42. The molecule has 0 saturated carbocycles. The van der Waals surface area contributed by atoms with Crippen LogP contribution in [0.2, 0.25) is 5.02 Å². The number of hydrogen-bond acceptors (Lipinski definition) is 1. The highest BCUT2D eigenvalue weighted by atomic mass is 79.9. The molecule has 0 aromatic heterocycles. The number of hydrogen-bond donors (Lipinski definition) is 0. The van der Waals surface area contributed by atoms with Gasteiger partial charge in [0.25, 0.3) is 0 Å². The Bertz CT molecular complexity index is 525. The molecule has 2 rings (SSSR count). The van der Waals surface area contributed by atoms with E-state index in [1.54, 1.807) is 0 Å². The first-order chi connectivity index (χ1) is 9.20. The molecule has 100 valence electrons. The molecule has 1 atom stereocenters. The van der Waals surface area contributed by atoms with E-state index in [0.717, 1.165) is 22.8 Å². The van der Waals surface area contributed by atoms with Crippen molar-refractivity contribution >= 4 is 27.5 Å². The van der Waals surface area contributed by atoms with Crippen molar-refractivity contribution < 1.29 is 4.74 Å². The van der Waals surface area contributed by atoms with Gasteiger partial charge in [0.15, 0.2) is 0 Å². The van der Waals surface area contributed by atoms with Crippen molar-refractivity contribution in [3.8, 4) is 5.75 Å². The van der Waals surface area contributed by atoms with Crippen molar-refractivity contribution in [1.82, 2.24) is 0 Å². The summed E-state index contributed by atoms with van der Waals surface area (Å²) in [7, 11) is 0. The van der Waals surface area contributed by atoms with Crippen LogP contribution in [0.15, 0.2) is 48.5 Å². The summed E-state index contributed by atoms with van der Waals surface area (Å²) in [4.78, 5) is 0.253. The van der Waals surface area contributed by atoms with E-state index in [1.807, 2.05) is 37.3 Å². The topological polar surface area (TPSA) is 9.23 Å². The van der Waals surface area contributed by atoms with Crippen LogP contribution in [0.4, 0.5) is 0 Å². The quantitative estimate of drug-likeness (QED) is 0.661. The van der Waals surface area contributed by atoms with Gasteiger partial charge in [-0.1, -0.05) is 57.9 Å². The second kappa shape index (κ2) is 6.97. The zero-order valence-electron chi connectivity index (χ0n) is 10.8. The second-order valence-electron chi connectivity index (χ2n) is 4.27. The maximum absolute atomic E-state index is 6.18. The minimum absolute atomic E-state index is 0.253. The smallest absolute Gasteiger partial charge is 0.119 e. The van der Waals surface area contributed by atoms with Gasteiger partial charge >= 0.3 is 0 Å². The monoisotopic (exact) mass is 338 g/mol. The summed E-state index contributed by atoms with van der Waals surface area (Å²) in [6, 6.07) is 16.1. The van der Waals surface area contributed by atoms with Crippen molar-refractivity contribution in [2.45, 2.75) is 18.2 Å². The average molecular weight is 340 g/mol. The highest BCUT2D eigenvalue weighted by Crippen LogP contribution is 2.30. The van der Waals surface area contributed by atoms with Crippen molar-refractivity contribution in [2.24, 2.45) is 0 Å². The molecule has 2 aromatic rings. The summed E-state index contributed by atoms with van der Waals surface area (Å²) < 4.78 is 5.44. The first-order valence-corrected chi connectivity index (χ1v) is 7.60. The first-order valence-electron chi connectivity index (χ1n) is 6.31. The third kappa shape index (κ3) is 3.99. The molecule has 0 spiro atoms. The summed E-state index contributed by atoms with van der Waals surface area (Å²) >= 11 is 9.90. The Morgan fingerprint density at radius 2 is 1.79 bits per heavy atom. The minimum atomic E-state index is 0.253. The molecule has 0 saturated heterocycles. The number of halogens is 2. The lowest BCUT2D eigenvalue weighted by Crippen LogP contribution is -1.97. The molecule has 3 heteroatoms. The Kier molecular flexibility index (Phi) is 5.29. The Morgan fingerprint density at radius 1 is 1.11 bits per heavy atom. The van der Waals surface area contributed by atoms with E-state index in [2.05, 4.69) is 34.1 Å². The third-order valence-electron chi connectivity index (χ3n) is 2.91. The molecule has 0 aliphatic rings. The molecule has 0 heterocycles. The number of rotatable bonds is 5. The predicted molar refractivity (Wildman–Crippen MR) is 84.4 cm³/mol. The number of ether oxygens (including phenoxy) is 1. The average Bonchev–Trinajstić information content (AvgIpc) is 2.42. The molecular weight excluding hydrogens is 324 g/mol. The van der Waals surface area contributed by atoms with Gasteiger partial charge in [-0.15, -0.1) is 0 Å². The maximum atomic E-state index is 6.18. The van der Waals surface area contributed by atoms with Crippen LogP contribution in [0.5, 0.6) is 5.75 Å². The van der Waals surface area contributed by atoms with E-state index in [-0.39, 0.29) is 4.83 Å². The molecule has 0 N–H and O–H groups in total. The van der Waals surface area contributed by atoms with Crippen molar-refractivity contribution in [3.05, 3.63) is 64.7 Å². The summed E-state index contributed by atoms with van der Waals surface area (Å²) in [5.41, 5.74) is 2.38. The zero-order chi connectivity index (χ0) is 13.7. The molecule has 0 fully saturated rings. The fraction of sp³-hybridized carbons (Fsp3) is 0.250. The number of alkyl halides is 1. The standard InChI is InChI=1S/C16H16BrClO/c1-2-19-14-9-7-12(8-10-14)15(17)11-13-5-3-4-6-16(13)18/h3-10,15H,2,11H2,1H3. The third-order valence-corrected chi connectivity index (χ3v) is 4.13. The molecule has 19 heavy (non-hydrogen) atoms. The van der Waals surface area contributed by atoms with E-state index in [4.69, 9.17) is 16.3 Å². The molecule has 0 aliphatic carbocycles. The van der Waals surface area contributed by atoms with E-state index in [0.29, 0.717) is 6.61 Å². The van der Waals surface area contributed by atoms with Crippen molar-refractivity contribution in [1.29, 1.82) is 0 Å². The van der Waals surface area contributed by atoms with E-state index >= 15 is 0 Å². The van der Waals surface area contributed by atoms with Crippen molar-refractivity contribution in [2.75, 3.05) is 6.61 Å².